The molecule has 1 saturated heterocycles. The summed E-state index contributed by atoms with van der Waals surface area (Å²) in [6.07, 6.45) is -4.03. The van der Waals surface area contributed by atoms with Crippen molar-refractivity contribution in [1.82, 2.24) is 0 Å². The standard InChI is InChI=1S/C19H18ClF3O3S/c1-18(9-10-25-17(12-18)13-5-7-14(20)8-6-13)27(24)16-4-2-3-15(11-16)26-19(21,22)23/h2-8,11,17H,9-10,12H2,1H3. The van der Waals surface area contributed by atoms with Crippen LogP contribution in [0.2, 0.25) is 5.02 Å². The van der Waals surface area contributed by atoms with Gasteiger partial charge in [0.25, 0.3) is 0 Å². The molecule has 0 bridgehead atoms. The number of ether oxygens (including phenoxy) is 2. The van der Waals surface area contributed by atoms with Crippen LogP contribution in [0.5, 0.6) is 5.75 Å². The van der Waals surface area contributed by atoms with Crippen molar-refractivity contribution in [3.63, 3.8) is 0 Å². The number of hydrogen-bond acceptors (Lipinski definition) is 3. The molecule has 2 aromatic rings. The first-order chi connectivity index (χ1) is 12.7. The van der Waals surface area contributed by atoms with E-state index >= 15 is 0 Å². The Labute approximate surface area is 162 Å². The first-order valence-electron chi connectivity index (χ1n) is 8.31. The maximum atomic E-state index is 13.2. The highest BCUT2D eigenvalue weighted by molar-refractivity contribution is 7.86. The molecular formula is C19H18ClF3O3S. The Hall–Kier alpha value is -1.57. The predicted molar refractivity (Wildman–Crippen MR) is 97.3 cm³/mol. The Morgan fingerprint density at radius 1 is 1.22 bits per heavy atom. The molecule has 3 atom stereocenters. The van der Waals surface area contributed by atoms with Crippen molar-refractivity contribution in [1.29, 1.82) is 0 Å². The predicted octanol–water partition coefficient (Wildman–Crippen LogP) is 5.66. The average molecular weight is 419 g/mol. The zero-order chi connectivity index (χ0) is 19.7. The van der Waals surface area contributed by atoms with Gasteiger partial charge in [0.15, 0.2) is 0 Å². The zero-order valence-electron chi connectivity index (χ0n) is 14.5. The molecule has 1 heterocycles. The highest BCUT2D eigenvalue weighted by Crippen LogP contribution is 2.40. The first-order valence-corrected chi connectivity index (χ1v) is 9.84. The van der Waals surface area contributed by atoms with Crippen molar-refractivity contribution in [2.45, 2.75) is 41.9 Å². The van der Waals surface area contributed by atoms with Crippen LogP contribution in [0.3, 0.4) is 0 Å². The van der Waals surface area contributed by atoms with Gasteiger partial charge in [-0.1, -0.05) is 29.8 Å². The summed E-state index contributed by atoms with van der Waals surface area (Å²) in [5.74, 6) is -0.377. The molecule has 0 amide bonds. The summed E-state index contributed by atoms with van der Waals surface area (Å²) < 4.78 is 59.6. The summed E-state index contributed by atoms with van der Waals surface area (Å²) in [5.41, 5.74) is 0.927. The third-order valence-electron chi connectivity index (χ3n) is 4.51. The number of alkyl halides is 3. The molecule has 0 spiro atoms. The molecule has 1 fully saturated rings. The molecule has 0 aliphatic carbocycles. The van der Waals surface area contributed by atoms with E-state index in [4.69, 9.17) is 16.3 Å². The summed E-state index contributed by atoms with van der Waals surface area (Å²) in [6, 6.07) is 12.6. The van der Waals surface area contributed by atoms with Crippen LogP contribution in [0.4, 0.5) is 13.2 Å². The molecule has 1 aliphatic rings. The van der Waals surface area contributed by atoms with E-state index < -0.39 is 21.9 Å². The van der Waals surface area contributed by atoms with Gasteiger partial charge in [-0.05, 0) is 55.7 Å². The zero-order valence-corrected chi connectivity index (χ0v) is 16.0. The van der Waals surface area contributed by atoms with Crippen molar-refractivity contribution >= 4 is 22.4 Å². The van der Waals surface area contributed by atoms with E-state index in [0.717, 1.165) is 5.56 Å². The lowest BCUT2D eigenvalue weighted by Gasteiger charge is -2.37. The minimum Gasteiger partial charge on any atom is -0.406 e. The molecule has 8 heteroatoms. The lowest BCUT2D eigenvalue weighted by molar-refractivity contribution is -0.274. The van der Waals surface area contributed by atoms with Crippen LogP contribution in [-0.4, -0.2) is 21.9 Å². The minimum absolute atomic E-state index is 0.250. The van der Waals surface area contributed by atoms with Crippen LogP contribution in [0, 0.1) is 0 Å². The summed E-state index contributed by atoms with van der Waals surface area (Å²) >= 11 is 5.92. The maximum absolute atomic E-state index is 13.2. The highest BCUT2D eigenvalue weighted by Gasteiger charge is 2.39. The van der Waals surface area contributed by atoms with Crippen molar-refractivity contribution in [3.05, 3.63) is 59.1 Å². The van der Waals surface area contributed by atoms with Crippen LogP contribution in [0.1, 0.15) is 31.4 Å². The molecule has 1 aliphatic heterocycles. The quantitative estimate of drug-likeness (QED) is 0.643. The van der Waals surface area contributed by atoms with Crippen LogP contribution < -0.4 is 4.74 Å². The van der Waals surface area contributed by atoms with Gasteiger partial charge in [-0.15, -0.1) is 13.2 Å². The molecule has 2 aromatic carbocycles. The van der Waals surface area contributed by atoms with Crippen molar-refractivity contribution in [2.24, 2.45) is 0 Å². The van der Waals surface area contributed by atoms with E-state index in [9.17, 15) is 17.4 Å². The van der Waals surface area contributed by atoms with E-state index in [1.807, 2.05) is 19.1 Å². The number of rotatable bonds is 4. The maximum Gasteiger partial charge on any atom is 0.573 e. The monoisotopic (exact) mass is 418 g/mol. The van der Waals surface area contributed by atoms with Crippen LogP contribution in [0.25, 0.3) is 0 Å². The Kier molecular flexibility index (Phi) is 5.84. The van der Waals surface area contributed by atoms with Gasteiger partial charge in [-0.25, -0.2) is 0 Å². The van der Waals surface area contributed by atoms with E-state index in [1.165, 1.54) is 18.2 Å². The lowest BCUT2D eigenvalue weighted by Crippen LogP contribution is -2.38. The number of hydrogen-bond donors (Lipinski definition) is 0. The fourth-order valence-electron chi connectivity index (χ4n) is 3.10. The SMILES string of the molecule is CC1(S(=O)c2cccc(OC(F)(F)F)c2)CCOC(c2ccc(Cl)cc2)C1. The summed E-state index contributed by atoms with van der Waals surface area (Å²) in [4.78, 5) is 0.302. The molecule has 3 rings (SSSR count). The normalized spacial score (nSPS) is 24.4. The van der Waals surface area contributed by atoms with Crippen molar-refractivity contribution in [3.8, 4) is 5.75 Å². The fourth-order valence-corrected chi connectivity index (χ4v) is 4.79. The smallest absolute Gasteiger partial charge is 0.406 e. The third kappa shape index (κ3) is 5.03. The number of halogens is 4. The molecule has 27 heavy (non-hydrogen) atoms. The second kappa shape index (κ2) is 7.81. The van der Waals surface area contributed by atoms with Gasteiger partial charge in [0.05, 0.1) is 21.7 Å². The van der Waals surface area contributed by atoms with Crippen LogP contribution in [-0.2, 0) is 15.5 Å². The topological polar surface area (TPSA) is 35.5 Å². The minimum atomic E-state index is -4.79. The van der Waals surface area contributed by atoms with Gasteiger partial charge in [0, 0.05) is 16.5 Å². The molecule has 3 unspecified atom stereocenters. The van der Waals surface area contributed by atoms with Crippen LogP contribution >= 0.6 is 11.6 Å². The fraction of sp³-hybridized carbons (Fsp3) is 0.368. The van der Waals surface area contributed by atoms with E-state index in [0.29, 0.717) is 29.4 Å². The molecule has 146 valence electrons. The first kappa shape index (κ1) is 20.2. The van der Waals surface area contributed by atoms with Crippen molar-refractivity contribution in [2.75, 3.05) is 6.61 Å². The second-order valence-corrected chi connectivity index (χ2v) is 9.04. The van der Waals surface area contributed by atoms with Gasteiger partial charge < -0.3 is 9.47 Å². The van der Waals surface area contributed by atoms with Crippen molar-refractivity contribution < 1.29 is 26.9 Å². The Morgan fingerprint density at radius 3 is 2.59 bits per heavy atom. The molecule has 0 radical (unpaired) electrons. The highest BCUT2D eigenvalue weighted by atomic mass is 35.5. The largest absolute Gasteiger partial charge is 0.573 e. The Bertz CT molecular complexity index is 826. The van der Waals surface area contributed by atoms with E-state index in [-0.39, 0.29) is 11.9 Å². The van der Waals surface area contributed by atoms with Gasteiger partial charge in [-0.2, -0.15) is 0 Å². The molecule has 0 saturated carbocycles. The summed E-state index contributed by atoms with van der Waals surface area (Å²) in [5, 5.41) is 0.613. The average Bonchev–Trinajstić information content (AvgIpc) is 2.60. The summed E-state index contributed by atoms with van der Waals surface area (Å²) in [7, 11) is -1.53. The summed E-state index contributed by atoms with van der Waals surface area (Å²) in [6.45, 7) is 2.28. The lowest BCUT2D eigenvalue weighted by atomic mass is 9.92. The Balaban J connectivity index is 1.80. The number of benzene rings is 2. The third-order valence-corrected chi connectivity index (χ3v) is 6.71. The van der Waals surface area contributed by atoms with E-state index in [1.54, 1.807) is 18.2 Å². The molecule has 0 aromatic heterocycles. The molecular weight excluding hydrogens is 401 g/mol. The molecule has 0 N–H and O–H groups in total. The Morgan fingerprint density at radius 2 is 1.93 bits per heavy atom. The van der Waals surface area contributed by atoms with E-state index in [2.05, 4.69) is 4.74 Å². The van der Waals surface area contributed by atoms with Crippen LogP contribution in [0.15, 0.2) is 53.4 Å². The molecule has 3 nitrogen and oxygen atoms in total. The second-order valence-electron chi connectivity index (χ2n) is 6.61. The van der Waals surface area contributed by atoms with Gasteiger partial charge >= 0.3 is 6.36 Å². The van der Waals surface area contributed by atoms with Gasteiger partial charge in [0.1, 0.15) is 5.75 Å². The van der Waals surface area contributed by atoms with Gasteiger partial charge in [0.2, 0.25) is 0 Å². The van der Waals surface area contributed by atoms with Gasteiger partial charge in [-0.3, -0.25) is 4.21 Å².